The van der Waals surface area contributed by atoms with Gasteiger partial charge in [0.15, 0.2) is 0 Å². The summed E-state index contributed by atoms with van der Waals surface area (Å²) in [5.41, 5.74) is -0.325. The molecule has 0 radical (unpaired) electrons. The van der Waals surface area contributed by atoms with Gasteiger partial charge in [0.2, 0.25) is 13.6 Å². The molecule has 154 valence electrons. The zero-order chi connectivity index (χ0) is 20.4. The van der Waals surface area contributed by atoms with Gasteiger partial charge in [-0.15, -0.1) is 0 Å². The second-order valence-corrected chi connectivity index (χ2v) is 9.12. The molecule has 0 aromatic carbocycles. The Kier molecular flexibility index (Phi) is 11.0. The normalized spacial score (nSPS) is 14.2. The molecule has 0 amide bonds. The van der Waals surface area contributed by atoms with Crippen molar-refractivity contribution in [3.8, 4) is 0 Å². The minimum Gasteiger partial charge on any atom is -0.438 e. The van der Waals surface area contributed by atoms with Gasteiger partial charge in [-0.25, -0.2) is 18.4 Å². The van der Waals surface area contributed by atoms with Crippen LogP contribution < -0.4 is 0 Å². The Bertz CT molecular complexity index is 451. The first-order valence-corrected chi connectivity index (χ1v) is 9.82. The van der Waals surface area contributed by atoms with E-state index in [9.17, 15) is 14.2 Å². The van der Waals surface area contributed by atoms with Crippen LogP contribution >= 0.6 is 7.82 Å². The summed E-state index contributed by atoms with van der Waals surface area (Å²) < 4.78 is 41.9. The zero-order valence-electron chi connectivity index (χ0n) is 16.6. The van der Waals surface area contributed by atoms with Crippen LogP contribution in [-0.2, 0) is 37.1 Å². The zero-order valence-corrected chi connectivity index (χ0v) is 17.5. The number of esters is 1. The second-order valence-electron chi connectivity index (χ2n) is 7.45. The predicted octanol–water partition coefficient (Wildman–Crippen LogP) is 4.26. The number of hydrogen-bond acceptors (Lipinski definition) is 9. The fourth-order valence-electron chi connectivity index (χ4n) is 1.30. The third-order valence-electron chi connectivity index (χ3n) is 2.38. The van der Waals surface area contributed by atoms with E-state index in [1.54, 1.807) is 13.8 Å². The number of carbonyl (C=O) groups is 2. The van der Waals surface area contributed by atoms with Gasteiger partial charge in [-0.1, -0.05) is 34.6 Å². The molecule has 0 rings (SSSR count). The molecule has 0 saturated carbocycles. The lowest BCUT2D eigenvalue weighted by Crippen LogP contribution is -2.18. The van der Waals surface area contributed by atoms with E-state index >= 15 is 0 Å². The van der Waals surface area contributed by atoms with Crippen molar-refractivity contribution < 1.29 is 41.9 Å². The first kappa shape index (κ1) is 24.8. The fourth-order valence-corrected chi connectivity index (χ4v) is 2.43. The Labute approximate surface area is 155 Å². The van der Waals surface area contributed by atoms with Crippen LogP contribution in [-0.4, -0.2) is 38.4 Å². The lowest BCUT2D eigenvalue weighted by molar-refractivity contribution is -0.152. The average molecular weight is 398 g/mol. The molecule has 0 aliphatic rings. The van der Waals surface area contributed by atoms with Crippen molar-refractivity contribution in [2.45, 2.75) is 61.0 Å². The van der Waals surface area contributed by atoms with Gasteiger partial charge in [0.05, 0.1) is 12.7 Å². The number of carbonyl (C=O) groups excluding carboxylic acids is 2. The van der Waals surface area contributed by atoms with Crippen molar-refractivity contribution in [3.05, 3.63) is 0 Å². The molecule has 0 saturated heterocycles. The molecular weight excluding hydrogens is 367 g/mol. The molecule has 0 N–H and O–H groups in total. The first-order valence-electron chi connectivity index (χ1n) is 8.35. The molecular formula is C16H31O9P. The fraction of sp³-hybridized carbons (Fsp3) is 0.875. The molecule has 9 nitrogen and oxygen atoms in total. The Hall–Kier alpha value is -1.15. The lowest BCUT2D eigenvalue weighted by atomic mass is 9.99. The number of rotatable bonds is 11. The summed E-state index contributed by atoms with van der Waals surface area (Å²) in [4.78, 5) is 22.8. The van der Waals surface area contributed by atoms with Crippen LogP contribution in [0.1, 0.15) is 54.9 Å². The maximum absolute atomic E-state index is 12.6. The van der Waals surface area contributed by atoms with Crippen LogP contribution in [0.25, 0.3) is 0 Å². The Morgan fingerprint density at radius 2 is 1.46 bits per heavy atom. The van der Waals surface area contributed by atoms with Gasteiger partial charge < -0.3 is 14.2 Å². The van der Waals surface area contributed by atoms with Crippen molar-refractivity contribution in [2.24, 2.45) is 11.3 Å². The van der Waals surface area contributed by atoms with Crippen LogP contribution in [0.3, 0.4) is 0 Å². The summed E-state index contributed by atoms with van der Waals surface area (Å²) in [6, 6.07) is 0. The van der Waals surface area contributed by atoms with Crippen molar-refractivity contribution in [1.82, 2.24) is 0 Å². The van der Waals surface area contributed by atoms with E-state index < -0.39 is 33.5 Å². The van der Waals surface area contributed by atoms with E-state index in [1.807, 2.05) is 34.6 Å². The maximum atomic E-state index is 12.6. The van der Waals surface area contributed by atoms with Gasteiger partial charge in [-0.3, -0.25) is 9.32 Å². The van der Waals surface area contributed by atoms with Crippen LogP contribution in [0.2, 0.25) is 0 Å². The first-order chi connectivity index (χ1) is 11.8. The molecule has 0 heterocycles. The minimum absolute atomic E-state index is 0.0423. The number of ether oxygens (including phenoxy) is 3. The third-order valence-corrected chi connectivity index (χ3v) is 3.67. The molecule has 0 aliphatic carbocycles. The Morgan fingerprint density at radius 1 is 0.923 bits per heavy atom. The monoisotopic (exact) mass is 398 g/mol. The third kappa shape index (κ3) is 14.1. The second kappa shape index (κ2) is 11.5. The van der Waals surface area contributed by atoms with Crippen molar-refractivity contribution >= 4 is 19.9 Å². The van der Waals surface area contributed by atoms with Crippen molar-refractivity contribution in [1.29, 1.82) is 0 Å². The van der Waals surface area contributed by atoms with Crippen LogP contribution in [0.5, 0.6) is 0 Å². The predicted molar refractivity (Wildman–Crippen MR) is 93.2 cm³/mol. The van der Waals surface area contributed by atoms with Crippen LogP contribution in [0.15, 0.2) is 0 Å². The molecule has 10 heteroatoms. The van der Waals surface area contributed by atoms with Crippen LogP contribution in [0.4, 0.5) is 4.79 Å². The van der Waals surface area contributed by atoms with Crippen molar-refractivity contribution in [3.63, 3.8) is 0 Å². The van der Waals surface area contributed by atoms with E-state index in [0.29, 0.717) is 0 Å². The largest absolute Gasteiger partial charge is 0.510 e. The molecule has 0 bridgehead atoms. The maximum Gasteiger partial charge on any atom is 0.510 e. The number of phosphoric acid groups is 1. The highest BCUT2D eigenvalue weighted by atomic mass is 31.2. The van der Waals surface area contributed by atoms with Gasteiger partial charge in [-0.2, -0.15) is 0 Å². The molecule has 0 fully saturated rings. The number of phosphoric ester groups is 1. The Balaban J connectivity index is 4.57. The average Bonchev–Trinajstić information content (AvgIpc) is 2.43. The SMILES string of the molecule is CC(C)CC(=O)OCOP(=O)(OCOC(=O)OC(C)C)OCC(C)(C)C. The molecule has 0 aromatic heterocycles. The summed E-state index contributed by atoms with van der Waals surface area (Å²) in [6.07, 6.45) is -1.16. The van der Waals surface area contributed by atoms with Gasteiger partial charge in [0.1, 0.15) is 0 Å². The van der Waals surface area contributed by atoms with Gasteiger partial charge in [-0.05, 0) is 25.2 Å². The Morgan fingerprint density at radius 3 is 1.92 bits per heavy atom. The van der Waals surface area contributed by atoms with Gasteiger partial charge in [0, 0.05) is 6.42 Å². The molecule has 0 aliphatic heterocycles. The van der Waals surface area contributed by atoms with Crippen LogP contribution in [0, 0.1) is 11.3 Å². The van der Waals surface area contributed by atoms with Gasteiger partial charge in [0.25, 0.3) is 0 Å². The summed E-state index contributed by atoms with van der Waals surface area (Å²) in [5.74, 6) is -0.387. The standard InChI is InChI=1S/C16H31O9P/c1-12(2)8-14(17)20-10-23-26(19,22-9-16(5,6)7)24-11-21-15(18)25-13(3)4/h12-13H,8-11H2,1-7H3. The molecule has 1 atom stereocenters. The molecule has 0 spiro atoms. The highest BCUT2D eigenvalue weighted by Crippen LogP contribution is 2.50. The van der Waals surface area contributed by atoms with E-state index in [0.717, 1.165) is 0 Å². The van der Waals surface area contributed by atoms with Crippen molar-refractivity contribution in [2.75, 3.05) is 20.2 Å². The summed E-state index contributed by atoms with van der Waals surface area (Å²) in [5, 5.41) is 0. The van der Waals surface area contributed by atoms with E-state index in [2.05, 4.69) is 4.74 Å². The van der Waals surface area contributed by atoms with E-state index in [4.69, 9.17) is 23.0 Å². The number of hydrogen-bond donors (Lipinski definition) is 0. The summed E-state index contributed by atoms with van der Waals surface area (Å²) in [6.45, 7) is 11.3. The summed E-state index contributed by atoms with van der Waals surface area (Å²) >= 11 is 0. The van der Waals surface area contributed by atoms with Gasteiger partial charge >= 0.3 is 19.9 Å². The highest BCUT2D eigenvalue weighted by molar-refractivity contribution is 7.48. The molecule has 26 heavy (non-hydrogen) atoms. The quantitative estimate of drug-likeness (QED) is 0.287. The van der Waals surface area contributed by atoms with E-state index in [1.165, 1.54) is 0 Å². The topological polar surface area (TPSA) is 107 Å². The molecule has 0 aromatic rings. The lowest BCUT2D eigenvalue weighted by Gasteiger charge is -2.23. The minimum atomic E-state index is -4.11. The smallest absolute Gasteiger partial charge is 0.438 e. The highest BCUT2D eigenvalue weighted by Gasteiger charge is 2.31. The van der Waals surface area contributed by atoms with E-state index in [-0.39, 0.29) is 30.5 Å². The summed E-state index contributed by atoms with van der Waals surface area (Å²) in [7, 11) is -4.11. The molecule has 1 unspecified atom stereocenters.